The second-order valence-corrected chi connectivity index (χ2v) is 5.75. The Morgan fingerprint density at radius 1 is 1.48 bits per heavy atom. The second kappa shape index (κ2) is 6.11. The SMILES string of the molecule is CCn1c(CO)nnc1C1CC(NC(=O)[C@@H]2CCCO2)C1. The number of aromatic nitrogens is 3. The number of amides is 1. The highest BCUT2D eigenvalue weighted by atomic mass is 16.5. The van der Waals surface area contributed by atoms with Gasteiger partial charge in [0.15, 0.2) is 5.82 Å². The smallest absolute Gasteiger partial charge is 0.249 e. The quantitative estimate of drug-likeness (QED) is 0.817. The van der Waals surface area contributed by atoms with E-state index in [0.717, 1.165) is 38.1 Å². The van der Waals surface area contributed by atoms with Crippen molar-refractivity contribution >= 4 is 5.91 Å². The second-order valence-electron chi connectivity index (χ2n) is 5.75. The molecule has 0 radical (unpaired) electrons. The summed E-state index contributed by atoms with van der Waals surface area (Å²) >= 11 is 0. The van der Waals surface area contributed by atoms with Crippen LogP contribution in [0.2, 0.25) is 0 Å². The maximum Gasteiger partial charge on any atom is 0.249 e. The molecule has 1 amide bonds. The average molecular weight is 294 g/mol. The molecule has 1 aliphatic carbocycles. The first kappa shape index (κ1) is 14.5. The van der Waals surface area contributed by atoms with Crippen molar-refractivity contribution in [3.8, 4) is 0 Å². The largest absolute Gasteiger partial charge is 0.388 e. The van der Waals surface area contributed by atoms with Crippen molar-refractivity contribution in [1.82, 2.24) is 20.1 Å². The molecule has 0 aromatic carbocycles. The summed E-state index contributed by atoms with van der Waals surface area (Å²) in [6, 6.07) is 0.200. The summed E-state index contributed by atoms with van der Waals surface area (Å²) < 4.78 is 7.34. The van der Waals surface area contributed by atoms with Crippen molar-refractivity contribution < 1.29 is 14.6 Å². The van der Waals surface area contributed by atoms with E-state index in [1.165, 1.54) is 0 Å². The Kier molecular flexibility index (Phi) is 4.21. The van der Waals surface area contributed by atoms with Gasteiger partial charge in [0.25, 0.3) is 0 Å². The van der Waals surface area contributed by atoms with Crippen molar-refractivity contribution in [2.75, 3.05) is 6.61 Å². The third-order valence-electron chi connectivity index (χ3n) is 4.39. The fourth-order valence-electron chi connectivity index (χ4n) is 3.14. The predicted octanol–water partition coefficient (Wildman–Crippen LogP) is 0.331. The zero-order chi connectivity index (χ0) is 14.8. The molecule has 1 saturated heterocycles. The highest BCUT2D eigenvalue weighted by Crippen LogP contribution is 2.36. The molecule has 2 N–H and O–H groups in total. The Balaban J connectivity index is 1.53. The predicted molar refractivity (Wildman–Crippen MR) is 74.5 cm³/mol. The van der Waals surface area contributed by atoms with Gasteiger partial charge in [-0.2, -0.15) is 0 Å². The molecule has 7 nitrogen and oxygen atoms in total. The fraction of sp³-hybridized carbons (Fsp3) is 0.786. The van der Waals surface area contributed by atoms with Crippen LogP contribution in [0.4, 0.5) is 0 Å². The van der Waals surface area contributed by atoms with Gasteiger partial charge in [-0.3, -0.25) is 4.79 Å². The molecule has 2 fully saturated rings. The van der Waals surface area contributed by atoms with Gasteiger partial charge in [0.05, 0.1) is 0 Å². The number of rotatable bonds is 5. The van der Waals surface area contributed by atoms with Gasteiger partial charge in [-0.15, -0.1) is 10.2 Å². The number of hydrogen-bond acceptors (Lipinski definition) is 5. The molecule has 0 spiro atoms. The van der Waals surface area contributed by atoms with Crippen LogP contribution >= 0.6 is 0 Å². The molecular formula is C14H22N4O3. The lowest BCUT2D eigenvalue weighted by molar-refractivity contribution is -0.131. The van der Waals surface area contributed by atoms with E-state index in [-0.39, 0.29) is 24.7 Å². The van der Waals surface area contributed by atoms with E-state index in [9.17, 15) is 9.90 Å². The number of carbonyl (C=O) groups is 1. The van der Waals surface area contributed by atoms with Gasteiger partial charge < -0.3 is 19.7 Å². The standard InChI is InChI=1S/C14H22N4O3/c1-2-18-12(8-19)16-17-13(18)9-6-10(7-9)15-14(20)11-4-3-5-21-11/h9-11,19H,2-8H2,1H3,(H,15,20)/t9?,10?,11-/m0/s1. The van der Waals surface area contributed by atoms with Crippen LogP contribution in [0, 0.1) is 0 Å². The monoisotopic (exact) mass is 294 g/mol. The number of aliphatic hydroxyl groups excluding tert-OH is 1. The number of ether oxygens (including phenoxy) is 1. The molecule has 0 bridgehead atoms. The van der Waals surface area contributed by atoms with Crippen LogP contribution in [0.3, 0.4) is 0 Å². The average Bonchev–Trinajstić information content (AvgIpc) is 3.10. The molecule has 0 unspecified atom stereocenters. The summed E-state index contributed by atoms with van der Waals surface area (Å²) in [7, 11) is 0. The summed E-state index contributed by atoms with van der Waals surface area (Å²) in [6.45, 7) is 3.37. The van der Waals surface area contributed by atoms with E-state index < -0.39 is 0 Å². The normalized spacial score (nSPS) is 28.4. The van der Waals surface area contributed by atoms with Crippen molar-refractivity contribution in [3.63, 3.8) is 0 Å². The molecule has 3 rings (SSSR count). The maximum absolute atomic E-state index is 12.0. The van der Waals surface area contributed by atoms with Gasteiger partial charge in [-0.1, -0.05) is 0 Å². The molecule has 2 aliphatic rings. The van der Waals surface area contributed by atoms with Crippen LogP contribution in [0.1, 0.15) is 50.2 Å². The Labute approximate surface area is 123 Å². The lowest BCUT2D eigenvalue weighted by atomic mass is 9.79. The van der Waals surface area contributed by atoms with Gasteiger partial charge in [0, 0.05) is 25.1 Å². The van der Waals surface area contributed by atoms with Gasteiger partial charge in [-0.25, -0.2) is 0 Å². The Morgan fingerprint density at radius 2 is 2.29 bits per heavy atom. The molecule has 7 heteroatoms. The summed E-state index contributed by atoms with van der Waals surface area (Å²) in [5.74, 6) is 1.86. The summed E-state index contributed by atoms with van der Waals surface area (Å²) in [6.07, 6.45) is 3.29. The third-order valence-corrected chi connectivity index (χ3v) is 4.39. The van der Waals surface area contributed by atoms with Crippen molar-refractivity contribution in [2.24, 2.45) is 0 Å². The first-order chi connectivity index (χ1) is 10.2. The summed E-state index contributed by atoms with van der Waals surface area (Å²) in [5.41, 5.74) is 0. The van der Waals surface area contributed by atoms with E-state index in [4.69, 9.17) is 4.74 Å². The molecule has 116 valence electrons. The minimum atomic E-state index is -0.260. The van der Waals surface area contributed by atoms with E-state index in [1.807, 2.05) is 11.5 Å². The summed E-state index contributed by atoms with van der Waals surface area (Å²) in [5, 5.41) is 20.5. The topological polar surface area (TPSA) is 89.3 Å². The van der Waals surface area contributed by atoms with Gasteiger partial charge in [-0.05, 0) is 32.6 Å². The van der Waals surface area contributed by atoms with E-state index in [0.29, 0.717) is 18.3 Å². The number of hydrogen-bond donors (Lipinski definition) is 2. The van der Waals surface area contributed by atoms with Crippen LogP contribution in [0.25, 0.3) is 0 Å². The number of aliphatic hydroxyl groups is 1. The lowest BCUT2D eigenvalue weighted by Gasteiger charge is -2.35. The molecular weight excluding hydrogens is 272 g/mol. The Morgan fingerprint density at radius 3 is 2.90 bits per heavy atom. The highest BCUT2D eigenvalue weighted by Gasteiger charge is 2.36. The third kappa shape index (κ3) is 2.80. The molecule has 21 heavy (non-hydrogen) atoms. The molecule has 1 aromatic rings. The van der Waals surface area contributed by atoms with E-state index >= 15 is 0 Å². The van der Waals surface area contributed by atoms with Crippen LogP contribution in [-0.2, 0) is 22.7 Å². The van der Waals surface area contributed by atoms with Gasteiger partial charge >= 0.3 is 0 Å². The van der Waals surface area contributed by atoms with Crippen molar-refractivity contribution in [1.29, 1.82) is 0 Å². The molecule has 1 aliphatic heterocycles. The van der Waals surface area contributed by atoms with Crippen molar-refractivity contribution in [2.45, 2.75) is 63.8 Å². The van der Waals surface area contributed by atoms with Gasteiger partial charge in [0.1, 0.15) is 18.5 Å². The zero-order valence-corrected chi connectivity index (χ0v) is 12.3. The first-order valence-corrected chi connectivity index (χ1v) is 7.67. The molecule has 1 atom stereocenters. The Bertz CT molecular complexity index is 504. The van der Waals surface area contributed by atoms with E-state index in [1.54, 1.807) is 0 Å². The molecule has 1 saturated carbocycles. The lowest BCUT2D eigenvalue weighted by Crippen LogP contribution is -2.47. The number of nitrogens with zero attached hydrogens (tertiary/aromatic N) is 3. The highest BCUT2D eigenvalue weighted by molar-refractivity contribution is 5.81. The zero-order valence-electron chi connectivity index (χ0n) is 12.3. The Hall–Kier alpha value is -1.47. The van der Waals surface area contributed by atoms with E-state index in [2.05, 4.69) is 15.5 Å². The minimum absolute atomic E-state index is 0.0176. The van der Waals surface area contributed by atoms with Crippen LogP contribution < -0.4 is 5.32 Å². The van der Waals surface area contributed by atoms with Crippen LogP contribution in [0.5, 0.6) is 0 Å². The van der Waals surface area contributed by atoms with Crippen LogP contribution in [0.15, 0.2) is 0 Å². The maximum atomic E-state index is 12.0. The molecule has 2 heterocycles. The summed E-state index contributed by atoms with van der Waals surface area (Å²) in [4.78, 5) is 12.0. The minimum Gasteiger partial charge on any atom is -0.388 e. The number of carbonyl (C=O) groups excluding carboxylic acids is 1. The first-order valence-electron chi connectivity index (χ1n) is 7.67. The van der Waals surface area contributed by atoms with Gasteiger partial charge in [0.2, 0.25) is 5.91 Å². The fourth-order valence-corrected chi connectivity index (χ4v) is 3.14. The van der Waals surface area contributed by atoms with Crippen LogP contribution in [-0.4, -0.2) is 44.5 Å². The number of nitrogens with one attached hydrogen (secondary N) is 1. The molecule has 1 aromatic heterocycles. The van der Waals surface area contributed by atoms with Crippen molar-refractivity contribution in [3.05, 3.63) is 11.6 Å².